The molecule has 1 saturated heterocycles. The van der Waals surface area contributed by atoms with Crippen LogP contribution in [-0.2, 0) is 0 Å². The summed E-state index contributed by atoms with van der Waals surface area (Å²) in [6, 6.07) is 0. The highest BCUT2D eigenvalue weighted by Crippen LogP contribution is 1.88. The summed E-state index contributed by atoms with van der Waals surface area (Å²) < 4.78 is 13.9. The van der Waals surface area contributed by atoms with Crippen LogP contribution in [0.3, 0.4) is 0 Å². The summed E-state index contributed by atoms with van der Waals surface area (Å²) in [6.07, 6.45) is 0. The van der Waals surface area contributed by atoms with Gasteiger partial charge in [0, 0.05) is 32.7 Å². The Kier molecular flexibility index (Phi) is 1.98. The van der Waals surface area contributed by atoms with E-state index in [1.165, 1.54) is 0 Å². The van der Waals surface area contributed by atoms with Gasteiger partial charge in [-0.2, -0.15) is 0 Å². The number of hydrogen-bond donors (Lipinski definition) is 2. The van der Waals surface area contributed by atoms with Crippen molar-refractivity contribution in [1.82, 2.24) is 10.2 Å². The van der Waals surface area contributed by atoms with Crippen LogP contribution in [0.5, 0.6) is 0 Å². The number of rotatable bonds is 2. The van der Waals surface area contributed by atoms with Gasteiger partial charge in [0.25, 0.3) is 0 Å². The van der Waals surface area contributed by atoms with Crippen molar-refractivity contribution in [2.24, 2.45) is 0 Å². The Morgan fingerprint density at radius 1 is 1.56 bits per heavy atom. The zero-order valence-electron chi connectivity index (χ0n) is 7.43. The summed E-state index contributed by atoms with van der Waals surface area (Å²) in [5.41, 5.74) is 0. The maximum atomic E-state index is 8.84. The Bertz CT molecular complexity index is 120. The molecule has 0 radical (unpaired) electrons. The number of nitrogens with one attached hydrogen (secondary N) is 1. The Morgan fingerprint density at radius 2 is 2.22 bits per heavy atom. The van der Waals surface area contributed by atoms with E-state index in [4.69, 9.17) is 7.85 Å². The molecule has 9 heavy (non-hydrogen) atoms. The molecule has 0 bridgehead atoms. The third-order valence-corrected chi connectivity index (χ3v) is 1.50. The van der Waals surface area contributed by atoms with E-state index < -0.39 is 6.56 Å². The van der Waals surface area contributed by atoms with Gasteiger partial charge in [0.05, 0.1) is 9.30 Å². The van der Waals surface area contributed by atoms with Gasteiger partial charge in [0.1, 0.15) is 0 Å². The van der Waals surface area contributed by atoms with Crippen molar-refractivity contribution in [2.75, 3.05) is 39.3 Å². The minimum Gasteiger partial charge on any atom is -0.395 e. The summed E-state index contributed by atoms with van der Waals surface area (Å²) in [5.74, 6) is 0. The predicted octanol–water partition coefficient (Wildman–Crippen LogP) is -1.12. The Hall–Kier alpha value is -0.120. The Morgan fingerprint density at radius 3 is 2.78 bits per heavy atom. The fraction of sp³-hybridized carbons (Fsp3) is 1.00. The second kappa shape index (κ2) is 3.82. The van der Waals surface area contributed by atoms with E-state index in [-0.39, 0.29) is 6.54 Å². The average molecular weight is 132 g/mol. The highest BCUT2D eigenvalue weighted by atomic mass is 16.3. The fourth-order valence-corrected chi connectivity index (χ4v) is 0.969. The third-order valence-electron chi connectivity index (χ3n) is 1.50. The van der Waals surface area contributed by atoms with Gasteiger partial charge in [-0.25, -0.2) is 0 Å². The molecule has 1 fully saturated rings. The summed E-state index contributed by atoms with van der Waals surface area (Å²) in [6.45, 7) is 1.48. The molecule has 1 aliphatic heterocycles. The van der Waals surface area contributed by atoms with Crippen LogP contribution in [-0.4, -0.2) is 49.3 Å². The lowest BCUT2D eigenvalue weighted by molar-refractivity contribution is 0.180. The minimum absolute atomic E-state index is 0.120. The molecule has 0 amide bonds. The maximum Gasteiger partial charge on any atom is 0.0577 e. The van der Waals surface area contributed by atoms with Crippen molar-refractivity contribution < 1.29 is 7.85 Å². The first-order chi connectivity index (χ1) is 5.08. The number of β-amino-alcohol motifs (C(OH)–C–C–N with tert-alkyl or cyclic N) is 1. The first kappa shape index (κ1) is 4.66. The molecule has 54 valence electrons. The predicted molar refractivity (Wildman–Crippen MR) is 36.4 cm³/mol. The van der Waals surface area contributed by atoms with E-state index in [9.17, 15) is 0 Å². The van der Waals surface area contributed by atoms with Gasteiger partial charge in [-0.05, 0) is 0 Å². The smallest absolute Gasteiger partial charge is 0.0577 e. The monoisotopic (exact) mass is 132 g/mol. The highest BCUT2D eigenvalue weighted by molar-refractivity contribution is 4.66. The molecule has 0 aliphatic carbocycles. The number of piperazine rings is 1. The van der Waals surface area contributed by atoms with Crippen LogP contribution in [0.1, 0.15) is 2.74 Å². The normalized spacial score (nSPS) is 27.2. The molecule has 3 heteroatoms. The second-order valence-electron chi connectivity index (χ2n) is 2.18. The number of nitrogens with zero attached hydrogens (tertiary/aromatic N) is 1. The van der Waals surface area contributed by atoms with E-state index >= 15 is 0 Å². The van der Waals surface area contributed by atoms with E-state index in [1.807, 2.05) is 4.90 Å². The lowest BCUT2D eigenvalue weighted by Gasteiger charge is -2.25. The van der Waals surface area contributed by atoms with Crippen molar-refractivity contribution in [1.29, 1.82) is 0 Å². The van der Waals surface area contributed by atoms with Crippen LogP contribution in [0.15, 0.2) is 0 Å². The first-order valence-corrected chi connectivity index (χ1v) is 3.23. The number of hydrogen-bond acceptors (Lipinski definition) is 3. The molecule has 0 spiro atoms. The molecule has 0 saturated carbocycles. The van der Waals surface area contributed by atoms with Gasteiger partial charge in [0.2, 0.25) is 0 Å². The largest absolute Gasteiger partial charge is 0.395 e. The van der Waals surface area contributed by atoms with Crippen LogP contribution in [0, 0.1) is 0 Å². The van der Waals surface area contributed by atoms with Crippen LogP contribution in [0.25, 0.3) is 0 Å². The third kappa shape index (κ3) is 2.30. The Balaban J connectivity index is 2.24. The molecule has 0 aromatic carbocycles. The van der Waals surface area contributed by atoms with Crippen LogP contribution >= 0.6 is 0 Å². The lowest BCUT2D eigenvalue weighted by Crippen LogP contribution is -2.44. The summed E-state index contributed by atoms with van der Waals surface area (Å²) in [7, 11) is 0. The molecule has 1 heterocycles. The summed E-state index contributed by atoms with van der Waals surface area (Å²) >= 11 is 0. The fourth-order valence-electron chi connectivity index (χ4n) is 0.969. The van der Waals surface area contributed by atoms with Gasteiger partial charge in [-0.15, -0.1) is 0 Å². The van der Waals surface area contributed by atoms with Gasteiger partial charge in [-0.1, -0.05) is 0 Å². The molecule has 3 nitrogen and oxygen atoms in total. The van der Waals surface area contributed by atoms with Crippen molar-refractivity contribution in [3.8, 4) is 0 Å². The zero-order chi connectivity index (χ0) is 8.32. The quantitative estimate of drug-likeness (QED) is 0.500. The average Bonchev–Trinajstić information content (AvgIpc) is 1.85. The van der Waals surface area contributed by atoms with Crippen molar-refractivity contribution in [3.63, 3.8) is 0 Å². The van der Waals surface area contributed by atoms with E-state index in [0.29, 0.717) is 0 Å². The molecular formula is C6H14N2O. The highest BCUT2D eigenvalue weighted by Gasteiger charge is 2.06. The van der Waals surface area contributed by atoms with Gasteiger partial charge >= 0.3 is 0 Å². The maximum absolute atomic E-state index is 8.84. The van der Waals surface area contributed by atoms with Crippen molar-refractivity contribution in [2.45, 2.75) is 0 Å². The minimum atomic E-state index is -2.04. The van der Waals surface area contributed by atoms with Gasteiger partial charge in [0.15, 0.2) is 0 Å². The lowest BCUT2D eigenvalue weighted by atomic mass is 10.4. The zero-order valence-corrected chi connectivity index (χ0v) is 5.43. The summed E-state index contributed by atoms with van der Waals surface area (Å²) in [4.78, 5) is 1.91. The van der Waals surface area contributed by atoms with Gasteiger partial charge < -0.3 is 10.4 Å². The molecular weight excluding hydrogens is 116 g/mol. The standard InChI is InChI=1S/C6H14N2O/c9-6-5-8-3-1-7-2-4-8/h7,9H,1-6H2/i6D2. The molecule has 0 atom stereocenters. The molecule has 1 aliphatic rings. The second-order valence-corrected chi connectivity index (χ2v) is 2.18. The molecule has 0 aromatic rings. The molecule has 1 rings (SSSR count). The van der Waals surface area contributed by atoms with E-state index in [1.54, 1.807) is 0 Å². The van der Waals surface area contributed by atoms with Crippen LogP contribution < -0.4 is 5.32 Å². The first-order valence-electron chi connectivity index (χ1n) is 4.23. The van der Waals surface area contributed by atoms with Crippen LogP contribution in [0.4, 0.5) is 0 Å². The van der Waals surface area contributed by atoms with E-state index in [2.05, 4.69) is 5.32 Å². The van der Waals surface area contributed by atoms with E-state index in [0.717, 1.165) is 26.2 Å². The van der Waals surface area contributed by atoms with Gasteiger partial charge in [-0.3, -0.25) is 4.90 Å². The van der Waals surface area contributed by atoms with Crippen molar-refractivity contribution >= 4 is 0 Å². The Labute approximate surface area is 58.5 Å². The topological polar surface area (TPSA) is 35.5 Å². The van der Waals surface area contributed by atoms with Crippen LogP contribution in [0.2, 0.25) is 0 Å². The number of aliphatic hydroxyl groups is 1. The molecule has 2 N–H and O–H groups in total. The van der Waals surface area contributed by atoms with Crippen molar-refractivity contribution in [3.05, 3.63) is 0 Å². The molecule has 0 aromatic heterocycles. The SMILES string of the molecule is [2H]C([2H])(O)CN1CCNCC1. The summed E-state index contributed by atoms with van der Waals surface area (Å²) in [5, 5.41) is 12.0. The molecule has 0 unspecified atom stereocenters.